The maximum atomic E-state index is 13.5. The van der Waals surface area contributed by atoms with Crippen LogP contribution in [0.25, 0.3) is 21.3 Å². The number of esters is 1. The zero-order chi connectivity index (χ0) is 22.8. The molecular formula is C25H26N2O3S2. The average molecular weight is 467 g/mol. The Bertz CT molecular complexity index is 1280. The first-order valence-electron chi connectivity index (χ1n) is 10.8. The molecule has 1 amide bonds. The minimum Gasteiger partial charge on any atom is -0.462 e. The van der Waals surface area contributed by atoms with Gasteiger partial charge in [0.1, 0.15) is 16.3 Å². The fourth-order valence-corrected chi connectivity index (χ4v) is 5.81. The molecule has 0 radical (unpaired) electrons. The topological polar surface area (TPSA) is 60.3 Å². The Morgan fingerprint density at radius 3 is 2.59 bits per heavy atom. The molecule has 0 spiro atoms. The lowest BCUT2D eigenvalue weighted by molar-refractivity contribution is 0.0529. The summed E-state index contributed by atoms with van der Waals surface area (Å²) >= 11 is 2.90. The van der Waals surface area contributed by atoms with E-state index in [1.807, 2.05) is 41.3 Å². The van der Waals surface area contributed by atoms with Crippen molar-refractivity contribution in [3.63, 3.8) is 0 Å². The van der Waals surface area contributed by atoms with Crippen LogP contribution in [0, 0.1) is 6.92 Å². The van der Waals surface area contributed by atoms with Gasteiger partial charge in [-0.1, -0.05) is 19.1 Å². The van der Waals surface area contributed by atoms with Crippen LogP contribution >= 0.6 is 22.7 Å². The smallest absolute Gasteiger partial charge is 0.341 e. The quantitative estimate of drug-likeness (QED) is 0.306. The van der Waals surface area contributed by atoms with Crippen molar-refractivity contribution in [2.24, 2.45) is 0 Å². The Morgan fingerprint density at radius 1 is 1.12 bits per heavy atom. The van der Waals surface area contributed by atoms with Crippen molar-refractivity contribution in [1.29, 1.82) is 0 Å². The van der Waals surface area contributed by atoms with E-state index in [0.717, 1.165) is 33.3 Å². The molecule has 4 aromatic rings. The second-order valence-electron chi connectivity index (χ2n) is 7.43. The van der Waals surface area contributed by atoms with Gasteiger partial charge in [-0.15, -0.1) is 22.7 Å². The highest BCUT2D eigenvalue weighted by Gasteiger charge is 2.26. The van der Waals surface area contributed by atoms with E-state index >= 15 is 0 Å². The van der Waals surface area contributed by atoms with Crippen molar-refractivity contribution in [3.8, 4) is 10.4 Å². The first kappa shape index (κ1) is 22.3. The van der Waals surface area contributed by atoms with Crippen LogP contribution in [0.4, 0.5) is 5.00 Å². The third-order valence-corrected chi connectivity index (χ3v) is 7.40. The largest absolute Gasteiger partial charge is 0.462 e. The number of fused-ring (bicyclic) bond motifs is 1. The normalized spacial score (nSPS) is 11.1. The number of thiophene rings is 2. The minimum atomic E-state index is -0.423. The number of hydrogen-bond acceptors (Lipinski definition) is 5. The fraction of sp³-hybridized carbons (Fsp3) is 0.280. The lowest BCUT2D eigenvalue weighted by Crippen LogP contribution is -2.19. The number of hydrogen-bond donors (Lipinski definition) is 1. The molecule has 32 heavy (non-hydrogen) atoms. The van der Waals surface area contributed by atoms with Crippen LogP contribution in [-0.4, -0.2) is 23.1 Å². The Hall–Kier alpha value is -2.90. The highest BCUT2D eigenvalue weighted by molar-refractivity contribution is 7.17. The Morgan fingerprint density at radius 2 is 1.94 bits per heavy atom. The molecule has 0 atom stereocenters. The third-order valence-electron chi connectivity index (χ3n) is 5.60. The van der Waals surface area contributed by atoms with Gasteiger partial charge in [0.2, 0.25) is 0 Å². The molecular weight excluding hydrogens is 440 g/mol. The molecule has 0 fully saturated rings. The molecule has 3 aromatic heterocycles. The van der Waals surface area contributed by atoms with Gasteiger partial charge in [-0.25, -0.2) is 4.79 Å². The van der Waals surface area contributed by atoms with Crippen LogP contribution in [-0.2, 0) is 17.7 Å². The van der Waals surface area contributed by atoms with Crippen molar-refractivity contribution < 1.29 is 14.3 Å². The molecule has 5 nitrogen and oxygen atoms in total. The van der Waals surface area contributed by atoms with Gasteiger partial charge in [-0.05, 0) is 61.9 Å². The maximum Gasteiger partial charge on any atom is 0.341 e. The zero-order valence-corrected chi connectivity index (χ0v) is 20.3. The lowest BCUT2D eigenvalue weighted by Gasteiger charge is -2.11. The lowest BCUT2D eigenvalue weighted by atomic mass is 10.1. The van der Waals surface area contributed by atoms with Crippen LogP contribution in [0.2, 0.25) is 0 Å². The van der Waals surface area contributed by atoms with Gasteiger partial charge in [-0.2, -0.15) is 0 Å². The highest BCUT2D eigenvalue weighted by atomic mass is 32.1. The van der Waals surface area contributed by atoms with E-state index in [9.17, 15) is 9.59 Å². The fourth-order valence-electron chi connectivity index (χ4n) is 4.04. The molecule has 1 aromatic carbocycles. The number of amides is 1. The minimum absolute atomic E-state index is 0.219. The highest BCUT2D eigenvalue weighted by Crippen LogP contribution is 2.39. The summed E-state index contributed by atoms with van der Waals surface area (Å²) in [4.78, 5) is 27.3. The summed E-state index contributed by atoms with van der Waals surface area (Å²) in [7, 11) is 0. The summed E-state index contributed by atoms with van der Waals surface area (Å²) < 4.78 is 7.35. The van der Waals surface area contributed by atoms with E-state index in [-0.39, 0.29) is 12.5 Å². The van der Waals surface area contributed by atoms with Crippen LogP contribution in [0.15, 0.2) is 41.1 Å². The van der Waals surface area contributed by atoms with Gasteiger partial charge in [-0.3, -0.25) is 4.79 Å². The van der Waals surface area contributed by atoms with E-state index in [4.69, 9.17) is 4.74 Å². The van der Waals surface area contributed by atoms with E-state index in [2.05, 4.69) is 30.4 Å². The number of benzene rings is 1. The second-order valence-corrected chi connectivity index (χ2v) is 9.26. The molecule has 0 saturated heterocycles. The Kier molecular flexibility index (Phi) is 6.48. The number of ether oxygens (including phenoxy) is 1. The van der Waals surface area contributed by atoms with E-state index in [1.165, 1.54) is 16.9 Å². The molecule has 0 unspecified atom stereocenters. The monoisotopic (exact) mass is 466 g/mol. The van der Waals surface area contributed by atoms with Crippen molar-refractivity contribution in [2.45, 2.75) is 40.7 Å². The molecule has 4 rings (SSSR count). The standard InChI is InChI=1S/C25H26N2O3S2/c1-5-16-10-11-19-17(13-16)15(4)22(27(19)6-2)23(28)26-24-21(25(29)30-7-3)18(14-32-24)20-9-8-12-31-20/h8-14H,5-7H2,1-4H3,(H,26,28). The van der Waals surface area contributed by atoms with Crippen molar-refractivity contribution >= 4 is 50.5 Å². The third kappa shape index (κ3) is 3.87. The number of aryl methyl sites for hydroxylation is 3. The molecule has 0 bridgehead atoms. The number of nitrogens with one attached hydrogen (secondary N) is 1. The van der Waals surface area contributed by atoms with E-state index in [0.29, 0.717) is 22.8 Å². The molecule has 0 aliphatic rings. The van der Waals surface area contributed by atoms with Crippen LogP contribution in [0.1, 0.15) is 52.7 Å². The van der Waals surface area contributed by atoms with Crippen LogP contribution in [0.3, 0.4) is 0 Å². The Balaban J connectivity index is 1.77. The van der Waals surface area contributed by atoms with E-state index in [1.54, 1.807) is 18.3 Å². The molecule has 0 aliphatic heterocycles. The maximum absolute atomic E-state index is 13.5. The summed E-state index contributed by atoms with van der Waals surface area (Å²) in [6, 6.07) is 10.3. The molecule has 3 heterocycles. The number of anilines is 1. The Labute approximate surface area is 195 Å². The second kappa shape index (κ2) is 9.30. The number of aromatic nitrogens is 1. The SMILES string of the molecule is CCOC(=O)c1c(-c2cccs2)csc1NC(=O)c1c(C)c2cc(CC)ccc2n1CC. The summed E-state index contributed by atoms with van der Waals surface area (Å²) in [5.41, 5.74) is 5.06. The summed E-state index contributed by atoms with van der Waals surface area (Å²) in [5, 5.41) is 8.49. The summed E-state index contributed by atoms with van der Waals surface area (Å²) in [6.45, 7) is 8.87. The molecule has 7 heteroatoms. The molecule has 0 saturated carbocycles. The predicted molar refractivity (Wildman–Crippen MR) is 133 cm³/mol. The summed E-state index contributed by atoms with van der Waals surface area (Å²) in [6.07, 6.45) is 0.942. The first-order valence-corrected chi connectivity index (χ1v) is 12.5. The van der Waals surface area contributed by atoms with Gasteiger partial charge in [0.05, 0.1) is 6.61 Å². The molecule has 0 aliphatic carbocycles. The number of carbonyl (C=O) groups is 2. The zero-order valence-electron chi connectivity index (χ0n) is 18.7. The molecule has 166 valence electrons. The molecule has 1 N–H and O–H groups in total. The first-order chi connectivity index (χ1) is 15.5. The number of nitrogens with zero attached hydrogens (tertiary/aromatic N) is 1. The predicted octanol–water partition coefficient (Wildman–Crippen LogP) is 6.75. The van der Waals surface area contributed by atoms with Crippen molar-refractivity contribution in [2.75, 3.05) is 11.9 Å². The van der Waals surface area contributed by atoms with Gasteiger partial charge in [0.25, 0.3) is 5.91 Å². The van der Waals surface area contributed by atoms with Gasteiger partial charge in [0.15, 0.2) is 0 Å². The summed E-state index contributed by atoms with van der Waals surface area (Å²) in [5.74, 6) is -0.642. The van der Waals surface area contributed by atoms with Crippen LogP contribution < -0.4 is 5.32 Å². The van der Waals surface area contributed by atoms with Crippen molar-refractivity contribution in [3.05, 3.63) is 63.5 Å². The number of carbonyl (C=O) groups excluding carboxylic acids is 2. The average Bonchev–Trinajstić information content (AvgIpc) is 3.51. The van der Waals surface area contributed by atoms with Gasteiger partial charge >= 0.3 is 5.97 Å². The van der Waals surface area contributed by atoms with Gasteiger partial charge in [0, 0.05) is 33.3 Å². The number of rotatable bonds is 7. The van der Waals surface area contributed by atoms with Crippen LogP contribution in [0.5, 0.6) is 0 Å². The van der Waals surface area contributed by atoms with Gasteiger partial charge < -0.3 is 14.6 Å². The van der Waals surface area contributed by atoms with Crippen molar-refractivity contribution in [1.82, 2.24) is 4.57 Å². The van der Waals surface area contributed by atoms with E-state index < -0.39 is 5.97 Å².